The van der Waals surface area contributed by atoms with Crippen molar-refractivity contribution in [3.8, 4) is 0 Å². The highest BCUT2D eigenvalue weighted by Gasteiger charge is 2.51. The lowest BCUT2D eigenvalue weighted by Crippen LogP contribution is -2.55. The number of hydrogen-bond acceptors (Lipinski definition) is 4. The maximum atomic E-state index is 12.5. The highest BCUT2D eigenvalue weighted by Crippen LogP contribution is 2.34. The summed E-state index contributed by atoms with van der Waals surface area (Å²) in [7, 11) is 1.33. The van der Waals surface area contributed by atoms with E-state index < -0.39 is 11.6 Å². The lowest BCUT2D eigenvalue weighted by atomic mass is 9.88. The fourth-order valence-electron chi connectivity index (χ4n) is 2.92. The van der Waals surface area contributed by atoms with Gasteiger partial charge in [-0.05, 0) is 25.3 Å². The van der Waals surface area contributed by atoms with Gasteiger partial charge in [0.25, 0.3) is 0 Å². The maximum absolute atomic E-state index is 12.5. The summed E-state index contributed by atoms with van der Waals surface area (Å²) in [4.78, 5) is 26.1. The van der Waals surface area contributed by atoms with E-state index in [0.717, 1.165) is 12.0 Å². The number of carbonyl (C=O) groups excluding carboxylic acids is 2. The van der Waals surface area contributed by atoms with Crippen LogP contribution in [0.15, 0.2) is 30.3 Å². The summed E-state index contributed by atoms with van der Waals surface area (Å²) in [5, 5.41) is 0. The van der Waals surface area contributed by atoms with Crippen LogP contribution < -0.4 is 0 Å². The third-order valence-electron chi connectivity index (χ3n) is 3.88. The second kappa shape index (κ2) is 6.61. The molecule has 114 valence electrons. The SMILES string of the molecule is CCOC(=O)[C@]1(Cc2ccccc2)CCCN1C(=O)OC. The minimum Gasteiger partial charge on any atom is -0.464 e. The highest BCUT2D eigenvalue weighted by atomic mass is 16.6. The molecule has 1 aliphatic rings. The molecule has 21 heavy (non-hydrogen) atoms. The average molecular weight is 291 g/mol. The number of methoxy groups -OCH3 is 1. The topological polar surface area (TPSA) is 55.8 Å². The summed E-state index contributed by atoms with van der Waals surface area (Å²) in [6, 6.07) is 9.67. The number of amides is 1. The molecule has 0 radical (unpaired) electrons. The van der Waals surface area contributed by atoms with E-state index in [-0.39, 0.29) is 5.97 Å². The van der Waals surface area contributed by atoms with Crippen molar-refractivity contribution in [2.24, 2.45) is 0 Å². The van der Waals surface area contributed by atoms with Gasteiger partial charge in [-0.15, -0.1) is 0 Å². The number of benzene rings is 1. The molecule has 1 fully saturated rings. The molecule has 0 N–H and O–H groups in total. The Balaban J connectivity index is 2.34. The number of nitrogens with zero attached hydrogens (tertiary/aromatic N) is 1. The summed E-state index contributed by atoms with van der Waals surface area (Å²) in [5.74, 6) is -0.350. The van der Waals surface area contributed by atoms with E-state index >= 15 is 0 Å². The summed E-state index contributed by atoms with van der Waals surface area (Å²) >= 11 is 0. The van der Waals surface area contributed by atoms with Crippen LogP contribution in [0.3, 0.4) is 0 Å². The Bertz CT molecular complexity index is 502. The maximum Gasteiger partial charge on any atom is 0.410 e. The van der Waals surface area contributed by atoms with Gasteiger partial charge in [-0.1, -0.05) is 30.3 Å². The van der Waals surface area contributed by atoms with Gasteiger partial charge in [-0.2, -0.15) is 0 Å². The van der Waals surface area contributed by atoms with Crippen LogP contribution in [0.25, 0.3) is 0 Å². The molecule has 2 rings (SSSR count). The van der Waals surface area contributed by atoms with Crippen molar-refractivity contribution in [1.82, 2.24) is 4.90 Å². The molecule has 1 heterocycles. The van der Waals surface area contributed by atoms with E-state index in [4.69, 9.17) is 9.47 Å². The lowest BCUT2D eigenvalue weighted by molar-refractivity contribution is -0.155. The van der Waals surface area contributed by atoms with Crippen molar-refractivity contribution in [3.05, 3.63) is 35.9 Å². The minimum atomic E-state index is -0.954. The Morgan fingerprint density at radius 1 is 1.29 bits per heavy atom. The Morgan fingerprint density at radius 3 is 2.62 bits per heavy atom. The van der Waals surface area contributed by atoms with Gasteiger partial charge in [-0.25, -0.2) is 9.59 Å². The van der Waals surface area contributed by atoms with Gasteiger partial charge in [0, 0.05) is 13.0 Å². The smallest absolute Gasteiger partial charge is 0.410 e. The van der Waals surface area contributed by atoms with Crippen LogP contribution in [-0.2, 0) is 20.7 Å². The first kappa shape index (κ1) is 15.4. The largest absolute Gasteiger partial charge is 0.464 e. The van der Waals surface area contributed by atoms with Gasteiger partial charge in [0.05, 0.1) is 13.7 Å². The zero-order valence-corrected chi connectivity index (χ0v) is 12.5. The van der Waals surface area contributed by atoms with Gasteiger partial charge in [-0.3, -0.25) is 4.90 Å². The van der Waals surface area contributed by atoms with Crippen LogP contribution in [0.4, 0.5) is 4.79 Å². The Kier molecular flexibility index (Phi) is 4.83. The van der Waals surface area contributed by atoms with Crippen molar-refractivity contribution in [2.75, 3.05) is 20.3 Å². The number of esters is 1. The zero-order chi connectivity index (χ0) is 15.3. The number of ether oxygens (including phenoxy) is 2. The molecule has 0 spiro atoms. The summed E-state index contributed by atoms with van der Waals surface area (Å²) in [6.07, 6.45) is 1.33. The molecule has 0 unspecified atom stereocenters. The predicted molar refractivity (Wildman–Crippen MR) is 77.9 cm³/mol. The fraction of sp³-hybridized carbons (Fsp3) is 0.500. The van der Waals surface area contributed by atoms with Crippen LogP contribution >= 0.6 is 0 Å². The van der Waals surface area contributed by atoms with E-state index in [9.17, 15) is 9.59 Å². The first-order chi connectivity index (χ1) is 10.1. The van der Waals surface area contributed by atoms with E-state index in [2.05, 4.69) is 0 Å². The molecule has 1 aromatic carbocycles. The van der Waals surface area contributed by atoms with Crippen molar-refractivity contribution >= 4 is 12.1 Å². The standard InChI is InChI=1S/C16H21NO4/c1-3-21-14(18)16(12-13-8-5-4-6-9-13)10-7-11-17(16)15(19)20-2/h4-6,8-9H,3,7,10-12H2,1-2H3/t16-/m1/s1. The third-order valence-corrected chi connectivity index (χ3v) is 3.88. The van der Waals surface area contributed by atoms with Gasteiger partial charge in [0.15, 0.2) is 0 Å². The molecule has 1 aliphatic heterocycles. The molecular formula is C16H21NO4. The molecule has 1 aromatic rings. The number of likely N-dealkylation sites (tertiary alicyclic amines) is 1. The lowest BCUT2D eigenvalue weighted by Gasteiger charge is -2.35. The molecule has 1 saturated heterocycles. The minimum absolute atomic E-state index is 0.296. The van der Waals surface area contributed by atoms with Crippen molar-refractivity contribution in [2.45, 2.75) is 31.7 Å². The van der Waals surface area contributed by atoms with Crippen LogP contribution in [-0.4, -0.2) is 42.8 Å². The molecule has 0 saturated carbocycles. The number of rotatable bonds is 4. The van der Waals surface area contributed by atoms with Gasteiger partial charge in [0.2, 0.25) is 0 Å². The first-order valence-corrected chi connectivity index (χ1v) is 7.21. The second-order valence-electron chi connectivity index (χ2n) is 5.14. The van der Waals surface area contributed by atoms with Crippen LogP contribution in [0.1, 0.15) is 25.3 Å². The van der Waals surface area contributed by atoms with Gasteiger partial charge >= 0.3 is 12.1 Å². The number of carbonyl (C=O) groups is 2. The molecule has 5 heteroatoms. The summed E-state index contributed by atoms with van der Waals surface area (Å²) in [5.41, 5.74) is 0.0473. The summed E-state index contributed by atoms with van der Waals surface area (Å²) < 4.78 is 10.1. The molecule has 0 aromatic heterocycles. The summed E-state index contributed by atoms with van der Waals surface area (Å²) in [6.45, 7) is 2.58. The highest BCUT2D eigenvalue weighted by molar-refractivity contribution is 5.87. The second-order valence-corrected chi connectivity index (χ2v) is 5.14. The predicted octanol–water partition coefficient (Wildman–Crippen LogP) is 2.39. The normalized spacial score (nSPS) is 21.1. The van der Waals surface area contributed by atoms with Gasteiger partial charge in [0.1, 0.15) is 5.54 Å². The molecular weight excluding hydrogens is 270 g/mol. The van der Waals surface area contributed by atoms with Crippen LogP contribution in [0, 0.1) is 0 Å². The monoisotopic (exact) mass is 291 g/mol. The fourth-order valence-corrected chi connectivity index (χ4v) is 2.92. The van der Waals surface area contributed by atoms with Gasteiger partial charge < -0.3 is 9.47 Å². The Morgan fingerprint density at radius 2 is 2.00 bits per heavy atom. The van der Waals surface area contributed by atoms with E-state index in [1.165, 1.54) is 12.0 Å². The molecule has 0 aliphatic carbocycles. The zero-order valence-electron chi connectivity index (χ0n) is 12.5. The molecule has 1 amide bonds. The Labute approximate surface area is 124 Å². The van der Waals surface area contributed by atoms with E-state index in [1.807, 2.05) is 30.3 Å². The molecule has 1 atom stereocenters. The average Bonchev–Trinajstić information content (AvgIpc) is 2.92. The molecule has 5 nitrogen and oxygen atoms in total. The molecule has 0 bridgehead atoms. The number of hydrogen-bond donors (Lipinski definition) is 0. The van der Waals surface area contributed by atoms with Crippen molar-refractivity contribution < 1.29 is 19.1 Å². The first-order valence-electron chi connectivity index (χ1n) is 7.21. The van der Waals surface area contributed by atoms with Crippen molar-refractivity contribution in [3.63, 3.8) is 0 Å². The van der Waals surface area contributed by atoms with Crippen LogP contribution in [0.2, 0.25) is 0 Å². The Hall–Kier alpha value is -2.04. The van der Waals surface area contributed by atoms with E-state index in [1.54, 1.807) is 6.92 Å². The van der Waals surface area contributed by atoms with Crippen molar-refractivity contribution in [1.29, 1.82) is 0 Å². The van der Waals surface area contributed by atoms with E-state index in [0.29, 0.717) is 26.0 Å². The quantitative estimate of drug-likeness (QED) is 0.799. The van der Waals surface area contributed by atoms with Crippen LogP contribution in [0.5, 0.6) is 0 Å². The third kappa shape index (κ3) is 3.01.